The van der Waals surface area contributed by atoms with E-state index in [4.69, 9.17) is 0 Å². The number of aliphatic hydroxyl groups is 1. The smallest absolute Gasteiger partial charge is 0.263 e. The Bertz CT molecular complexity index is 501. The quantitative estimate of drug-likeness (QED) is 0.899. The van der Waals surface area contributed by atoms with Crippen molar-refractivity contribution in [3.8, 4) is 0 Å². The highest BCUT2D eigenvalue weighted by atomic mass is 32.1. The molecule has 2 amide bonds. The Morgan fingerprint density at radius 1 is 1.55 bits per heavy atom. The first-order valence-electron chi connectivity index (χ1n) is 7.75. The molecule has 122 valence electrons. The number of piperidine rings is 1. The molecule has 0 aliphatic carbocycles. The Kier molecular flexibility index (Phi) is 5.97. The van der Waals surface area contributed by atoms with E-state index in [-0.39, 0.29) is 17.7 Å². The van der Waals surface area contributed by atoms with Gasteiger partial charge in [-0.15, -0.1) is 11.3 Å². The number of nitrogens with zero attached hydrogens (tertiary/aromatic N) is 2. The normalized spacial score (nSPS) is 19.8. The molecule has 1 aromatic heterocycles. The molecule has 6 heteroatoms. The van der Waals surface area contributed by atoms with Gasteiger partial charge >= 0.3 is 0 Å². The molecule has 1 fully saturated rings. The lowest BCUT2D eigenvalue weighted by atomic mass is 9.96. The third-order valence-corrected chi connectivity index (χ3v) is 4.91. The maximum atomic E-state index is 12.5. The van der Waals surface area contributed by atoms with Gasteiger partial charge in [-0.05, 0) is 37.6 Å². The summed E-state index contributed by atoms with van der Waals surface area (Å²) in [6.45, 7) is 3.48. The molecule has 0 aromatic carbocycles. The molecule has 2 rings (SSSR count). The first-order chi connectivity index (χ1) is 10.5. The van der Waals surface area contributed by atoms with E-state index in [1.165, 1.54) is 11.3 Å². The maximum Gasteiger partial charge on any atom is 0.263 e. The van der Waals surface area contributed by atoms with E-state index in [0.717, 1.165) is 24.3 Å². The third-order valence-electron chi connectivity index (χ3n) is 4.05. The molecule has 0 bridgehead atoms. The van der Waals surface area contributed by atoms with Crippen molar-refractivity contribution in [2.24, 2.45) is 5.92 Å². The second kappa shape index (κ2) is 7.74. The topological polar surface area (TPSA) is 60.9 Å². The molecule has 1 saturated heterocycles. The predicted molar refractivity (Wildman–Crippen MR) is 86.9 cm³/mol. The summed E-state index contributed by atoms with van der Waals surface area (Å²) >= 11 is 1.44. The van der Waals surface area contributed by atoms with E-state index < -0.39 is 6.10 Å². The van der Waals surface area contributed by atoms with Gasteiger partial charge in [0.1, 0.15) is 0 Å². The van der Waals surface area contributed by atoms with Crippen LogP contribution in [0.4, 0.5) is 0 Å². The predicted octanol–water partition coefficient (Wildman–Crippen LogP) is 1.83. The summed E-state index contributed by atoms with van der Waals surface area (Å²) in [6.07, 6.45) is 1.86. The SMILES string of the molecule is CC(O)CCN(C)C(=O)C1CCCN(C(=O)c2cccs2)C1. The second-order valence-corrected chi connectivity index (χ2v) is 6.91. The molecule has 0 saturated carbocycles. The van der Waals surface area contributed by atoms with Crippen molar-refractivity contribution < 1.29 is 14.7 Å². The lowest BCUT2D eigenvalue weighted by Crippen LogP contribution is -2.46. The van der Waals surface area contributed by atoms with Crippen molar-refractivity contribution in [1.82, 2.24) is 9.80 Å². The van der Waals surface area contributed by atoms with Gasteiger partial charge in [0.15, 0.2) is 0 Å². The Morgan fingerprint density at radius 3 is 2.95 bits per heavy atom. The molecule has 1 aliphatic heterocycles. The molecule has 5 nitrogen and oxygen atoms in total. The Labute approximate surface area is 135 Å². The molecule has 0 radical (unpaired) electrons. The minimum absolute atomic E-state index is 0.0270. The summed E-state index contributed by atoms with van der Waals surface area (Å²) in [5.74, 6) is -0.0277. The van der Waals surface area contributed by atoms with Crippen LogP contribution < -0.4 is 0 Å². The van der Waals surface area contributed by atoms with Crippen LogP contribution in [0.1, 0.15) is 35.9 Å². The molecule has 1 N–H and O–H groups in total. The summed E-state index contributed by atoms with van der Waals surface area (Å²) in [4.78, 5) is 29.1. The van der Waals surface area contributed by atoms with Gasteiger partial charge in [-0.3, -0.25) is 9.59 Å². The average molecular weight is 324 g/mol. The van der Waals surface area contributed by atoms with Gasteiger partial charge in [0.2, 0.25) is 5.91 Å². The highest BCUT2D eigenvalue weighted by molar-refractivity contribution is 7.12. The lowest BCUT2D eigenvalue weighted by molar-refractivity contribution is -0.135. The van der Waals surface area contributed by atoms with Crippen LogP contribution in [-0.2, 0) is 4.79 Å². The molecule has 0 spiro atoms. The molecule has 2 heterocycles. The minimum atomic E-state index is -0.404. The Morgan fingerprint density at radius 2 is 2.32 bits per heavy atom. The van der Waals surface area contributed by atoms with Crippen LogP contribution >= 0.6 is 11.3 Å². The van der Waals surface area contributed by atoms with Gasteiger partial charge < -0.3 is 14.9 Å². The molecule has 2 atom stereocenters. The van der Waals surface area contributed by atoms with Gasteiger partial charge in [-0.1, -0.05) is 6.07 Å². The Hall–Kier alpha value is -1.40. The van der Waals surface area contributed by atoms with E-state index in [0.29, 0.717) is 19.5 Å². The van der Waals surface area contributed by atoms with E-state index in [9.17, 15) is 14.7 Å². The van der Waals surface area contributed by atoms with Gasteiger partial charge in [0, 0.05) is 26.7 Å². The van der Waals surface area contributed by atoms with Crippen molar-refractivity contribution in [1.29, 1.82) is 0 Å². The monoisotopic (exact) mass is 324 g/mol. The number of thiophene rings is 1. The van der Waals surface area contributed by atoms with Gasteiger partial charge in [0.05, 0.1) is 16.9 Å². The van der Waals surface area contributed by atoms with Crippen LogP contribution in [0, 0.1) is 5.92 Å². The molecule has 1 aliphatic rings. The molecule has 2 unspecified atom stereocenters. The molecule has 22 heavy (non-hydrogen) atoms. The fraction of sp³-hybridized carbons (Fsp3) is 0.625. The summed E-state index contributed by atoms with van der Waals surface area (Å²) in [7, 11) is 1.77. The van der Waals surface area contributed by atoms with E-state index >= 15 is 0 Å². The van der Waals surface area contributed by atoms with Crippen LogP contribution in [0.15, 0.2) is 17.5 Å². The zero-order chi connectivity index (χ0) is 16.1. The fourth-order valence-electron chi connectivity index (χ4n) is 2.72. The minimum Gasteiger partial charge on any atom is -0.393 e. The lowest BCUT2D eigenvalue weighted by Gasteiger charge is -2.34. The van der Waals surface area contributed by atoms with Gasteiger partial charge in [-0.25, -0.2) is 0 Å². The standard InChI is InChI=1S/C16H24N2O3S/c1-12(19)7-9-17(2)15(20)13-5-3-8-18(11-13)16(21)14-6-4-10-22-14/h4,6,10,12-13,19H,3,5,7-9,11H2,1-2H3. The first kappa shape index (κ1) is 17.0. The van der Waals surface area contributed by atoms with Gasteiger partial charge in [-0.2, -0.15) is 0 Å². The highest BCUT2D eigenvalue weighted by Gasteiger charge is 2.30. The first-order valence-corrected chi connectivity index (χ1v) is 8.63. The van der Waals surface area contributed by atoms with Crippen LogP contribution in [0.3, 0.4) is 0 Å². The van der Waals surface area contributed by atoms with Crippen molar-refractivity contribution in [3.63, 3.8) is 0 Å². The summed E-state index contributed by atoms with van der Waals surface area (Å²) in [5, 5.41) is 11.2. The van der Waals surface area contributed by atoms with Crippen molar-refractivity contribution >= 4 is 23.2 Å². The highest BCUT2D eigenvalue weighted by Crippen LogP contribution is 2.22. The number of likely N-dealkylation sites (tertiary alicyclic amines) is 1. The summed E-state index contributed by atoms with van der Waals surface area (Å²) < 4.78 is 0. The van der Waals surface area contributed by atoms with Crippen molar-refractivity contribution in [2.75, 3.05) is 26.7 Å². The van der Waals surface area contributed by atoms with E-state index in [1.807, 2.05) is 17.5 Å². The third kappa shape index (κ3) is 4.30. The molecule has 1 aromatic rings. The number of carbonyl (C=O) groups is 2. The zero-order valence-electron chi connectivity index (χ0n) is 13.2. The second-order valence-electron chi connectivity index (χ2n) is 5.97. The number of aliphatic hydroxyl groups excluding tert-OH is 1. The zero-order valence-corrected chi connectivity index (χ0v) is 14.0. The van der Waals surface area contributed by atoms with Crippen LogP contribution in [0.5, 0.6) is 0 Å². The number of carbonyl (C=O) groups excluding carboxylic acids is 2. The Balaban J connectivity index is 1.92. The summed E-state index contributed by atoms with van der Waals surface area (Å²) in [5.41, 5.74) is 0. The summed E-state index contributed by atoms with van der Waals surface area (Å²) in [6, 6.07) is 3.70. The van der Waals surface area contributed by atoms with Crippen LogP contribution in [0.25, 0.3) is 0 Å². The number of amides is 2. The number of rotatable bonds is 5. The molecular weight excluding hydrogens is 300 g/mol. The van der Waals surface area contributed by atoms with E-state index in [2.05, 4.69) is 0 Å². The number of hydrogen-bond donors (Lipinski definition) is 1. The van der Waals surface area contributed by atoms with Crippen molar-refractivity contribution in [3.05, 3.63) is 22.4 Å². The van der Waals surface area contributed by atoms with Gasteiger partial charge in [0.25, 0.3) is 5.91 Å². The van der Waals surface area contributed by atoms with Crippen LogP contribution in [-0.4, -0.2) is 59.5 Å². The molecular formula is C16H24N2O3S. The fourth-order valence-corrected chi connectivity index (χ4v) is 3.41. The largest absolute Gasteiger partial charge is 0.393 e. The van der Waals surface area contributed by atoms with Crippen LogP contribution in [0.2, 0.25) is 0 Å². The average Bonchev–Trinajstić information content (AvgIpc) is 3.05. The van der Waals surface area contributed by atoms with Crippen molar-refractivity contribution in [2.45, 2.75) is 32.3 Å². The van der Waals surface area contributed by atoms with E-state index in [1.54, 1.807) is 23.8 Å². The number of hydrogen-bond acceptors (Lipinski definition) is 4. The maximum absolute atomic E-state index is 12.5.